The van der Waals surface area contributed by atoms with Gasteiger partial charge in [0.05, 0.1) is 11.3 Å². The molecule has 0 spiro atoms. The highest BCUT2D eigenvalue weighted by Gasteiger charge is 2.20. The average molecular weight is 350 g/mol. The quantitative estimate of drug-likeness (QED) is 0.848. The molecule has 26 heavy (non-hydrogen) atoms. The zero-order valence-electron chi connectivity index (χ0n) is 15.2. The minimum absolute atomic E-state index is 0.313. The molecule has 1 saturated heterocycles. The molecule has 6 heteroatoms. The van der Waals surface area contributed by atoms with Crippen LogP contribution in [0.4, 0.5) is 5.82 Å². The number of anilines is 1. The third kappa shape index (κ3) is 3.18. The lowest BCUT2D eigenvalue weighted by Gasteiger charge is -2.35. The monoisotopic (exact) mass is 350 g/mol. The number of nitriles is 1. The maximum absolute atomic E-state index is 9.21. The van der Waals surface area contributed by atoms with Gasteiger partial charge in [-0.05, 0) is 43.2 Å². The summed E-state index contributed by atoms with van der Waals surface area (Å²) in [4.78, 5) is 9.38. The number of benzene rings is 1. The molecule has 0 bridgehead atoms. The third-order valence-corrected chi connectivity index (χ3v) is 5.04. The molecule has 0 amide bonds. The first kappa shape index (κ1) is 16.7. The van der Waals surface area contributed by atoms with Crippen molar-refractivity contribution in [1.29, 1.82) is 5.26 Å². The average Bonchev–Trinajstić information content (AvgIpc) is 3.10. The van der Waals surface area contributed by atoms with Crippen LogP contribution in [-0.4, -0.2) is 42.9 Å². The number of nitrogens with zero attached hydrogens (tertiary/aromatic N) is 4. The number of ether oxygens (including phenoxy) is 2. The van der Waals surface area contributed by atoms with Gasteiger partial charge >= 0.3 is 0 Å². The van der Waals surface area contributed by atoms with E-state index >= 15 is 0 Å². The van der Waals surface area contributed by atoms with E-state index in [1.54, 1.807) is 0 Å². The number of pyridine rings is 1. The number of hydrogen-bond donors (Lipinski definition) is 0. The first-order valence-electron chi connectivity index (χ1n) is 8.88. The maximum Gasteiger partial charge on any atom is 0.231 e. The SMILES string of the molecule is Cc1cc(N2CCN(Cc3ccc4c(c3)OCO4)CC2)nc(C)c1C#N. The molecule has 2 aliphatic heterocycles. The van der Waals surface area contributed by atoms with E-state index in [9.17, 15) is 5.26 Å². The normalized spacial score (nSPS) is 16.6. The molecule has 0 unspecified atom stereocenters. The molecule has 134 valence electrons. The smallest absolute Gasteiger partial charge is 0.231 e. The van der Waals surface area contributed by atoms with Crippen LogP contribution in [0.25, 0.3) is 0 Å². The van der Waals surface area contributed by atoms with Crippen LogP contribution in [-0.2, 0) is 6.54 Å². The molecule has 2 aliphatic rings. The molecule has 1 aromatic carbocycles. The predicted octanol–water partition coefficient (Wildman–Crippen LogP) is 2.62. The van der Waals surface area contributed by atoms with Crippen molar-refractivity contribution in [1.82, 2.24) is 9.88 Å². The van der Waals surface area contributed by atoms with Crippen molar-refractivity contribution < 1.29 is 9.47 Å². The molecular weight excluding hydrogens is 328 g/mol. The number of piperazine rings is 1. The van der Waals surface area contributed by atoms with Gasteiger partial charge < -0.3 is 14.4 Å². The van der Waals surface area contributed by atoms with Crippen molar-refractivity contribution in [3.05, 3.63) is 46.6 Å². The summed E-state index contributed by atoms with van der Waals surface area (Å²) in [5.74, 6) is 2.65. The van der Waals surface area contributed by atoms with Crippen LogP contribution in [0.5, 0.6) is 11.5 Å². The van der Waals surface area contributed by atoms with Gasteiger partial charge in [-0.2, -0.15) is 5.26 Å². The van der Waals surface area contributed by atoms with E-state index in [0.29, 0.717) is 12.4 Å². The summed E-state index contributed by atoms with van der Waals surface area (Å²) in [7, 11) is 0. The lowest BCUT2D eigenvalue weighted by Crippen LogP contribution is -2.46. The van der Waals surface area contributed by atoms with Crippen LogP contribution in [0.2, 0.25) is 0 Å². The molecule has 0 saturated carbocycles. The van der Waals surface area contributed by atoms with Crippen molar-refractivity contribution in [3.8, 4) is 17.6 Å². The molecule has 2 aromatic rings. The van der Waals surface area contributed by atoms with Gasteiger partial charge in [-0.25, -0.2) is 4.98 Å². The molecule has 0 radical (unpaired) electrons. The largest absolute Gasteiger partial charge is 0.454 e. The molecule has 6 nitrogen and oxygen atoms in total. The first-order chi connectivity index (χ1) is 12.6. The molecule has 3 heterocycles. The third-order valence-electron chi connectivity index (χ3n) is 5.04. The van der Waals surface area contributed by atoms with E-state index in [2.05, 4.69) is 33.0 Å². The van der Waals surface area contributed by atoms with Crippen molar-refractivity contribution in [2.24, 2.45) is 0 Å². The zero-order chi connectivity index (χ0) is 18.1. The minimum atomic E-state index is 0.313. The Morgan fingerprint density at radius 2 is 1.85 bits per heavy atom. The maximum atomic E-state index is 9.21. The highest BCUT2D eigenvalue weighted by Crippen LogP contribution is 2.33. The Morgan fingerprint density at radius 3 is 2.58 bits per heavy atom. The molecular formula is C20H22N4O2. The van der Waals surface area contributed by atoms with Crippen LogP contribution in [0.1, 0.15) is 22.4 Å². The van der Waals surface area contributed by atoms with Crippen LogP contribution in [0.15, 0.2) is 24.3 Å². The second-order valence-corrected chi connectivity index (χ2v) is 6.82. The molecule has 0 aliphatic carbocycles. The summed E-state index contributed by atoms with van der Waals surface area (Å²) in [5, 5.41) is 9.21. The van der Waals surface area contributed by atoms with Gasteiger partial charge in [0, 0.05) is 32.7 Å². The Balaban J connectivity index is 1.39. The molecule has 4 rings (SSSR count). The first-order valence-corrected chi connectivity index (χ1v) is 8.88. The number of rotatable bonds is 3. The second kappa shape index (κ2) is 6.85. The van der Waals surface area contributed by atoms with E-state index in [1.807, 2.05) is 26.0 Å². The highest BCUT2D eigenvalue weighted by atomic mass is 16.7. The van der Waals surface area contributed by atoms with E-state index in [4.69, 9.17) is 9.47 Å². The Kier molecular flexibility index (Phi) is 4.39. The molecule has 0 atom stereocenters. The Hall–Kier alpha value is -2.78. The predicted molar refractivity (Wildman–Crippen MR) is 98.5 cm³/mol. The van der Waals surface area contributed by atoms with Gasteiger partial charge in [-0.1, -0.05) is 6.07 Å². The van der Waals surface area contributed by atoms with Crippen molar-refractivity contribution in [2.45, 2.75) is 20.4 Å². The van der Waals surface area contributed by atoms with E-state index in [0.717, 1.165) is 61.3 Å². The molecule has 1 aromatic heterocycles. The van der Waals surface area contributed by atoms with Gasteiger partial charge in [-0.15, -0.1) is 0 Å². The lowest BCUT2D eigenvalue weighted by molar-refractivity contribution is 0.174. The van der Waals surface area contributed by atoms with Crippen LogP contribution >= 0.6 is 0 Å². The lowest BCUT2D eigenvalue weighted by atomic mass is 10.1. The standard InChI is InChI=1S/C20H22N4O2/c1-14-9-20(22-15(2)17(14)11-21)24-7-5-23(6-8-24)12-16-3-4-18-19(10-16)26-13-25-18/h3-4,9-10H,5-8,12-13H2,1-2H3. The van der Waals surface area contributed by atoms with Gasteiger partial charge in [0.2, 0.25) is 6.79 Å². The molecule has 1 fully saturated rings. The zero-order valence-corrected chi connectivity index (χ0v) is 15.2. The fourth-order valence-corrected chi connectivity index (χ4v) is 3.57. The van der Waals surface area contributed by atoms with Gasteiger partial charge in [0.1, 0.15) is 11.9 Å². The summed E-state index contributed by atoms with van der Waals surface area (Å²) in [5.41, 5.74) is 3.74. The fraction of sp³-hybridized carbons (Fsp3) is 0.400. The number of hydrogen-bond acceptors (Lipinski definition) is 6. The van der Waals surface area contributed by atoms with E-state index in [-0.39, 0.29) is 0 Å². The summed E-state index contributed by atoms with van der Waals surface area (Å²) in [6.07, 6.45) is 0. The van der Waals surface area contributed by atoms with Crippen molar-refractivity contribution in [3.63, 3.8) is 0 Å². The Labute approximate surface area is 153 Å². The number of fused-ring (bicyclic) bond motifs is 1. The van der Waals surface area contributed by atoms with Crippen LogP contribution in [0.3, 0.4) is 0 Å². The number of aromatic nitrogens is 1. The Morgan fingerprint density at radius 1 is 1.08 bits per heavy atom. The molecule has 0 N–H and O–H groups in total. The second-order valence-electron chi connectivity index (χ2n) is 6.82. The van der Waals surface area contributed by atoms with E-state index < -0.39 is 0 Å². The summed E-state index contributed by atoms with van der Waals surface area (Å²) < 4.78 is 10.8. The van der Waals surface area contributed by atoms with Crippen LogP contribution < -0.4 is 14.4 Å². The van der Waals surface area contributed by atoms with Crippen molar-refractivity contribution >= 4 is 5.82 Å². The van der Waals surface area contributed by atoms with Gasteiger partial charge in [0.25, 0.3) is 0 Å². The summed E-state index contributed by atoms with van der Waals surface area (Å²) in [6, 6.07) is 10.4. The summed E-state index contributed by atoms with van der Waals surface area (Å²) in [6.45, 7) is 8.93. The minimum Gasteiger partial charge on any atom is -0.454 e. The highest BCUT2D eigenvalue weighted by molar-refractivity contribution is 5.50. The Bertz CT molecular complexity index is 844. The van der Waals surface area contributed by atoms with Gasteiger partial charge in [0.15, 0.2) is 11.5 Å². The van der Waals surface area contributed by atoms with E-state index in [1.165, 1.54) is 5.56 Å². The van der Waals surface area contributed by atoms with Crippen LogP contribution in [0, 0.1) is 25.2 Å². The summed E-state index contributed by atoms with van der Waals surface area (Å²) >= 11 is 0. The van der Waals surface area contributed by atoms with Crippen molar-refractivity contribution in [2.75, 3.05) is 37.9 Å². The number of aryl methyl sites for hydroxylation is 2. The topological polar surface area (TPSA) is 61.6 Å². The van der Waals surface area contributed by atoms with Gasteiger partial charge in [-0.3, -0.25) is 4.90 Å². The fourth-order valence-electron chi connectivity index (χ4n) is 3.57.